The number of ether oxygens (including phenoxy) is 1. The van der Waals surface area contributed by atoms with Crippen LogP contribution in [0.2, 0.25) is 0 Å². The lowest BCUT2D eigenvalue weighted by Gasteiger charge is -2.20. The summed E-state index contributed by atoms with van der Waals surface area (Å²) in [6, 6.07) is 3.66. The van der Waals surface area contributed by atoms with Crippen LogP contribution in [0.5, 0.6) is 0 Å². The summed E-state index contributed by atoms with van der Waals surface area (Å²) in [7, 11) is 0. The number of nitrogens with zero attached hydrogens (tertiary/aromatic N) is 1. The monoisotopic (exact) mass is 279 g/mol. The zero-order valence-corrected chi connectivity index (χ0v) is 11.2. The van der Waals surface area contributed by atoms with Gasteiger partial charge in [0.15, 0.2) is 0 Å². The summed E-state index contributed by atoms with van der Waals surface area (Å²) in [4.78, 5) is 22.3. The van der Waals surface area contributed by atoms with Crippen LogP contribution in [0.4, 0.5) is 11.4 Å². The van der Waals surface area contributed by atoms with Crippen molar-refractivity contribution in [2.45, 2.75) is 31.9 Å². The van der Waals surface area contributed by atoms with Gasteiger partial charge in [-0.2, -0.15) is 0 Å². The van der Waals surface area contributed by atoms with Crippen molar-refractivity contribution in [2.24, 2.45) is 0 Å². The molecular weight excluding hydrogens is 262 g/mol. The predicted octanol–water partition coefficient (Wildman–Crippen LogP) is 1.47. The molecule has 0 spiro atoms. The quantitative estimate of drug-likeness (QED) is 0.493. The Bertz CT molecular complexity index is 526. The lowest BCUT2D eigenvalue weighted by Crippen LogP contribution is -2.41. The fraction of sp³-hybridized carbons (Fsp3) is 0.462. The molecule has 1 saturated heterocycles. The van der Waals surface area contributed by atoms with E-state index < -0.39 is 10.8 Å². The molecule has 2 rings (SSSR count). The molecule has 1 aromatic rings. The van der Waals surface area contributed by atoms with Gasteiger partial charge in [-0.15, -0.1) is 0 Å². The van der Waals surface area contributed by atoms with Crippen molar-refractivity contribution in [3.8, 4) is 0 Å². The van der Waals surface area contributed by atoms with Crippen molar-refractivity contribution >= 4 is 17.3 Å². The van der Waals surface area contributed by atoms with Gasteiger partial charge in [-0.05, 0) is 25.8 Å². The van der Waals surface area contributed by atoms with Crippen LogP contribution in [0.15, 0.2) is 18.2 Å². The van der Waals surface area contributed by atoms with Crippen molar-refractivity contribution in [1.82, 2.24) is 5.32 Å². The number of nitrogen functional groups attached to an aromatic ring is 1. The number of nitrogens with one attached hydrogen (secondary N) is 1. The van der Waals surface area contributed by atoms with E-state index in [1.807, 2.05) is 6.92 Å². The first kappa shape index (κ1) is 14.3. The first-order valence-corrected chi connectivity index (χ1v) is 6.45. The highest BCUT2D eigenvalue weighted by Gasteiger charge is 2.25. The highest BCUT2D eigenvalue weighted by atomic mass is 16.6. The van der Waals surface area contributed by atoms with Crippen LogP contribution in [0.25, 0.3) is 0 Å². The highest BCUT2D eigenvalue weighted by molar-refractivity contribution is 5.99. The van der Waals surface area contributed by atoms with Crippen molar-refractivity contribution in [3.63, 3.8) is 0 Å². The third kappa shape index (κ3) is 3.05. The van der Waals surface area contributed by atoms with E-state index in [1.165, 1.54) is 18.2 Å². The molecular formula is C13H17N3O4. The molecule has 7 nitrogen and oxygen atoms in total. The van der Waals surface area contributed by atoms with E-state index in [9.17, 15) is 14.9 Å². The maximum atomic E-state index is 12.1. The number of rotatable bonds is 4. The van der Waals surface area contributed by atoms with E-state index >= 15 is 0 Å². The number of hydrogen-bond donors (Lipinski definition) is 2. The van der Waals surface area contributed by atoms with Gasteiger partial charge in [-0.25, -0.2) is 0 Å². The Morgan fingerprint density at radius 1 is 1.60 bits per heavy atom. The van der Waals surface area contributed by atoms with Crippen LogP contribution in [0, 0.1) is 10.1 Å². The SMILES string of the molecule is CC(NC(=O)c1cc([N+](=O)[O-])ccc1N)C1CCCO1. The number of anilines is 1. The fourth-order valence-corrected chi connectivity index (χ4v) is 2.23. The molecule has 1 aliphatic rings. The Labute approximate surface area is 116 Å². The highest BCUT2D eigenvalue weighted by Crippen LogP contribution is 2.21. The van der Waals surface area contributed by atoms with Crippen LogP contribution in [0.3, 0.4) is 0 Å². The minimum atomic E-state index is -0.556. The van der Waals surface area contributed by atoms with E-state index in [4.69, 9.17) is 10.5 Å². The first-order valence-electron chi connectivity index (χ1n) is 6.45. The summed E-state index contributed by atoms with van der Waals surface area (Å²) in [5, 5.41) is 13.5. The molecule has 0 aliphatic carbocycles. The normalized spacial score (nSPS) is 19.6. The molecule has 2 atom stereocenters. The van der Waals surface area contributed by atoms with Crippen LogP contribution in [-0.2, 0) is 4.74 Å². The molecule has 3 N–H and O–H groups in total. The van der Waals surface area contributed by atoms with E-state index in [-0.39, 0.29) is 29.1 Å². The topological polar surface area (TPSA) is 107 Å². The van der Waals surface area contributed by atoms with Crippen molar-refractivity contribution in [2.75, 3.05) is 12.3 Å². The van der Waals surface area contributed by atoms with Gasteiger partial charge in [0.25, 0.3) is 11.6 Å². The molecule has 0 radical (unpaired) electrons. The van der Waals surface area contributed by atoms with Gasteiger partial charge >= 0.3 is 0 Å². The second-order valence-electron chi connectivity index (χ2n) is 4.84. The Hall–Kier alpha value is -2.15. The molecule has 1 amide bonds. The second kappa shape index (κ2) is 5.87. The molecule has 20 heavy (non-hydrogen) atoms. The number of nitrogens with two attached hydrogens (primary N) is 1. The summed E-state index contributed by atoms with van der Waals surface area (Å²) in [6.45, 7) is 2.55. The van der Waals surface area contributed by atoms with Crippen molar-refractivity contribution in [1.29, 1.82) is 0 Å². The third-order valence-electron chi connectivity index (χ3n) is 3.37. The number of nitro groups is 1. The standard InChI is InChI=1S/C13H17N3O4/c1-8(12-3-2-6-20-12)15-13(17)10-7-9(16(18)19)4-5-11(10)14/h4-5,7-8,12H,2-3,6,14H2,1H3,(H,15,17). The Balaban J connectivity index is 2.11. The third-order valence-corrected chi connectivity index (χ3v) is 3.37. The number of benzene rings is 1. The molecule has 1 fully saturated rings. The number of hydrogen-bond acceptors (Lipinski definition) is 5. The predicted molar refractivity (Wildman–Crippen MR) is 73.4 cm³/mol. The van der Waals surface area contributed by atoms with E-state index in [0.29, 0.717) is 6.61 Å². The number of non-ortho nitro benzene ring substituents is 1. The Morgan fingerprint density at radius 2 is 2.35 bits per heavy atom. The number of amides is 1. The van der Waals surface area contributed by atoms with E-state index in [1.54, 1.807) is 0 Å². The van der Waals surface area contributed by atoms with E-state index in [2.05, 4.69) is 5.32 Å². The summed E-state index contributed by atoms with van der Waals surface area (Å²) < 4.78 is 5.49. The van der Waals surface area contributed by atoms with Crippen LogP contribution in [-0.4, -0.2) is 29.6 Å². The summed E-state index contributed by atoms with van der Waals surface area (Å²) in [5.74, 6) is -0.422. The summed E-state index contributed by atoms with van der Waals surface area (Å²) in [5.41, 5.74) is 5.88. The minimum absolute atomic E-state index is 0.0149. The fourth-order valence-electron chi connectivity index (χ4n) is 2.23. The lowest BCUT2D eigenvalue weighted by molar-refractivity contribution is -0.384. The molecule has 1 aliphatic heterocycles. The van der Waals surface area contributed by atoms with Crippen molar-refractivity contribution < 1.29 is 14.5 Å². The number of nitro benzene ring substituents is 1. The lowest BCUT2D eigenvalue weighted by atomic mass is 10.1. The Kier molecular flexibility index (Phi) is 4.19. The summed E-state index contributed by atoms with van der Waals surface area (Å²) >= 11 is 0. The molecule has 0 saturated carbocycles. The molecule has 2 unspecified atom stereocenters. The van der Waals surface area contributed by atoms with Gasteiger partial charge in [0.2, 0.25) is 0 Å². The maximum absolute atomic E-state index is 12.1. The molecule has 108 valence electrons. The Morgan fingerprint density at radius 3 is 2.95 bits per heavy atom. The molecule has 0 bridgehead atoms. The van der Waals surface area contributed by atoms with Gasteiger partial charge in [0, 0.05) is 24.4 Å². The zero-order chi connectivity index (χ0) is 14.7. The zero-order valence-electron chi connectivity index (χ0n) is 11.2. The van der Waals surface area contributed by atoms with Gasteiger partial charge < -0.3 is 15.8 Å². The van der Waals surface area contributed by atoms with Gasteiger partial charge in [0.05, 0.1) is 22.6 Å². The average molecular weight is 279 g/mol. The van der Waals surface area contributed by atoms with Gasteiger partial charge in [0.1, 0.15) is 0 Å². The average Bonchev–Trinajstić information content (AvgIpc) is 2.92. The summed E-state index contributed by atoms with van der Waals surface area (Å²) in [6.07, 6.45) is 1.86. The first-order chi connectivity index (χ1) is 9.49. The van der Waals surface area contributed by atoms with Crippen LogP contribution < -0.4 is 11.1 Å². The van der Waals surface area contributed by atoms with Gasteiger partial charge in [-0.3, -0.25) is 14.9 Å². The second-order valence-corrected chi connectivity index (χ2v) is 4.84. The molecule has 1 heterocycles. The smallest absolute Gasteiger partial charge is 0.270 e. The minimum Gasteiger partial charge on any atom is -0.398 e. The largest absolute Gasteiger partial charge is 0.398 e. The molecule has 0 aromatic heterocycles. The van der Waals surface area contributed by atoms with E-state index in [0.717, 1.165) is 12.8 Å². The molecule has 1 aromatic carbocycles. The van der Waals surface area contributed by atoms with Crippen LogP contribution >= 0.6 is 0 Å². The number of carbonyl (C=O) groups is 1. The maximum Gasteiger partial charge on any atom is 0.270 e. The number of carbonyl (C=O) groups excluding carboxylic acids is 1. The van der Waals surface area contributed by atoms with Crippen molar-refractivity contribution in [3.05, 3.63) is 33.9 Å². The molecule has 7 heteroatoms. The van der Waals surface area contributed by atoms with Gasteiger partial charge in [-0.1, -0.05) is 0 Å². The van der Waals surface area contributed by atoms with Crippen LogP contribution in [0.1, 0.15) is 30.1 Å².